The molecule has 1 atom stereocenters. The SMILES string of the molecule is CC(C)[C@@H](NC(=O)NCc1ccc(F)c(Cl)c1)C(=O)O. The molecule has 0 unspecified atom stereocenters. The summed E-state index contributed by atoms with van der Waals surface area (Å²) >= 11 is 5.62. The smallest absolute Gasteiger partial charge is 0.326 e. The third-order valence-electron chi connectivity index (χ3n) is 2.66. The van der Waals surface area contributed by atoms with E-state index < -0.39 is 23.9 Å². The summed E-state index contributed by atoms with van der Waals surface area (Å²) in [6.45, 7) is 3.51. The number of urea groups is 1. The van der Waals surface area contributed by atoms with Crippen LogP contribution in [0.2, 0.25) is 5.02 Å². The molecule has 2 amide bonds. The van der Waals surface area contributed by atoms with Gasteiger partial charge in [0.15, 0.2) is 0 Å². The van der Waals surface area contributed by atoms with E-state index in [-0.39, 0.29) is 17.5 Å². The molecule has 0 aromatic heterocycles. The topological polar surface area (TPSA) is 78.4 Å². The Labute approximate surface area is 121 Å². The molecule has 1 rings (SSSR count). The summed E-state index contributed by atoms with van der Waals surface area (Å²) in [4.78, 5) is 22.5. The summed E-state index contributed by atoms with van der Waals surface area (Å²) in [5.74, 6) is -1.87. The standard InChI is InChI=1S/C13H16ClFN2O3/c1-7(2)11(12(18)19)17-13(20)16-6-8-3-4-10(15)9(14)5-8/h3-5,7,11H,6H2,1-2H3,(H,18,19)(H2,16,17,20)/t11-/m1/s1. The lowest BCUT2D eigenvalue weighted by molar-refractivity contribution is -0.140. The van der Waals surface area contributed by atoms with E-state index >= 15 is 0 Å². The lowest BCUT2D eigenvalue weighted by Gasteiger charge is -2.18. The molecule has 0 aliphatic carbocycles. The van der Waals surface area contributed by atoms with Crippen molar-refractivity contribution < 1.29 is 19.1 Å². The van der Waals surface area contributed by atoms with Crippen molar-refractivity contribution in [2.75, 3.05) is 0 Å². The number of hydrogen-bond donors (Lipinski definition) is 3. The zero-order valence-electron chi connectivity index (χ0n) is 11.1. The van der Waals surface area contributed by atoms with Gasteiger partial charge in [0.1, 0.15) is 11.9 Å². The van der Waals surface area contributed by atoms with Crippen LogP contribution in [0.4, 0.5) is 9.18 Å². The van der Waals surface area contributed by atoms with Crippen molar-refractivity contribution in [2.45, 2.75) is 26.4 Å². The highest BCUT2D eigenvalue weighted by Crippen LogP contribution is 2.15. The van der Waals surface area contributed by atoms with E-state index in [4.69, 9.17) is 16.7 Å². The largest absolute Gasteiger partial charge is 0.480 e. The minimum absolute atomic E-state index is 0.0321. The second kappa shape index (κ2) is 7.09. The van der Waals surface area contributed by atoms with Gasteiger partial charge >= 0.3 is 12.0 Å². The van der Waals surface area contributed by atoms with Crippen LogP contribution in [0.25, 0.3) is 0 Å². The van der Waals surface area contributed by atoms with E-state index in [1.165, 1.54) is 18.2 Å². The Hall–Kier alpha value is -1.82. The molecule has 7 heteroatoms. The zero-order chi connectivity index (χ0) is 15.3. The maximum atomic E-state index is 13.0. The van der Waals surface area contributed by atoms with Gasteiger partial charge in [0.05, 0.1) is 5.02 Å². The van der Waals surface area contributed by atoms with Crippen LogP contribution in [0.1, 0.15) is 19.4 Å². The third-order valence-corrected chi connectivity index (χ3v) is 2.95. The number of halogens is 2. The summed E-state index contributed by atoms with van der Waals surface area (Å²) in [6.07, 6.45) is 0. The van der Waals surface area contributed by atoms with Crippen LogP contribution in [0.15, 0.2) is 18.2 Å². The molecule has 5 nitrogen and oxygen atoms in total. The molecular formula is C13H16ClFN2O3. The molecule has 0 saturated heterocycles. The Bertz CT molecular complexity index is 508. The Balaban J connectivity index is 2.54. The van der Waals surface area contributed by atoms with E-state index in [2.05, 4.69) is 10.6 Å². The predicted molar refractivity (Wildman–Crippen MR) is 73.0 cm³/mol. The fourth-order valence-electron chi connectivity index (χ4n) is 1.54. The first-order chi connectivity index (χ1) is 9.31. The number of carbonyl (C=O) groups is 2. The first kappa shape index (κ1) is 16.2. The van der Waals surface area contributed by atoms with E-state index in [1.807, 2.05) is 0 Å². The van der Waals surface area contributed by atoms with Gasteiger partial charge in [-0.15, -0.1) is 0 Å². The number of carboxylic acid groups (broad SMARTS) is 1. The highest BCUT2D eigenvalue weighted by molar-refractivity contribution is 6.30. The van der Waals surface area contributed by atoms with E-state index in [9.17, 15) is 14.0 Å². The van der Waals surface area contributed by atoms with Gasteiger partial charge in [-0.05, 0) is 23.6 Å². The van der Waals surface area contributed by atoms with Crippen molar-refractivity contribution in [1.29, 1.82) is 0 Å². The molecule has 0 spiro atoms. The van der Waals surface area contributed by atoms with Crippen molar-refractivity contribution in [3.63, 3.8) is 0 Å². The average Bonchev–Trinajstić information content (AvgIpc) is 2.36. The maximum Gasteiger partial charge on any atom is 0.326 e. The molecule has 110 valence electrons. The van der Waals surface area contributed by atoms with Crippen LogP contribution in [0, 0.1) is 11.7 Å². The molecule has 1 aromatic rings. The number of aliphatic carboxylic acids is 1. The van der Waals surface area contributed by atoms with Gasteiger partial charge in [0.25, 0.3) is 0 Å². The summed E-state index contributed by atoms with van der Waals surface area (Å²) in [5, 5.41) is 13.8. The molecule has 1 aromatic carbocycles. The number of rotatable bonds is 5. The molecule has 20 heavy (non-hydrogen) atoms. The highest BCUT2D eigenvalue weighted by atomic mass is 35.5. The molecule has 0 bridgehead atoms. The number of carbonyl (C=O) groups excluding carboxylic acids is 1. The van der Waals surface area contributed by atoms with Crippen LogP contribution in [0.3, 0.4) is 0 Å². The number of amides is 2. The quantitative estimate of drug-likeness (QED) is 0.781. The molecule has 3 N–H and O–H groups in total. The predicted octanol–water partition coefficient (Wildman–Crippen LogP) is 2.39. The van der Waals surface area contributed by atoms with E-state index in [0.717, 1.165) is 0 Å². The van der Waals surface area contributed by atoms with Crippen molar-refractivity contribution in [2.24, 2.45) is 5.92 Å². The van der Waals surface area contributed by atoms with Crippen LogP contribution in [0.5, 0.6) is 0 Å². The molecule has 0 aliphatic heterocycles. The molecular weight excluding hydrogens is 287 g/mol. The fraction of sp³-hybridized carbons (Fsp3) is 0.385. The number of hydrogen-bond acceptors (Lipinski definition) is 2. The first-order valence-electron chi connectivity index (χ1n) is 6.02. The van der Waals surface area contributed by atoms with Gasteiger partial charge < -0.3 is 15.7 Å². The van der Waals surface area contributed by atoms with E-state index in [0.29, 0.717) is 5.56 Å². The normalized spacial score (nSPS) is 12.1. The van der Waals surface area contributed by atoms with Gasteiger partial charge in [-0.25, -0.2) is 14.0 Å². The number of carboxylic acids is 1. The molecule has 0 fully saturated rings. The van der Waals surface area contributed by atoms with Crippen LogP contribution < -0.4 is 10.6 Å². The summed E-state index contributed by atoms with van der Waals surface area (Å²) < 4.78 is 13.0. The van der Waals surface area contributed by atoms with Crippen LogP contribution in [-0.4, -0.2) is 23.1 Å². The lowest BCUT2D eigenvalue weighted by Crippen LogP contribution is -2.48. The van der Waals surface area contributed by atoms with Gasteiger partial charge in [0, 0.05) is 6.54 Å². The number of benzene rings is 1. The van der Waals surface area contributed by atoms with Crippen molar-refractivity contribution >= 4 is 23.6 Å². The second-order valence-electron chi connectivity index (χ2n) is 4.64. The van der Waals surface area contributed by atoms with Gasteiger partial charge in [0.2, 0.25) is 0 Å². The van der Waals surface area contributed by atoms with Crippen LogP contribution in [-0.2, 0) is 11.3 Å². The Morgan fingerprint density at radius 2 is 2.05 bits per heavy atom. The maximum absolute atomic E-state index is 13.0. The van der Waals surface area contributed by atoms with Gasteiger partial charge in [-0.2, -0.15) is 0 Å². The zero-order valence-corrected chi connectivity index (χ0v) is 11.9. The van der Waals surface area contributed by atoms with E-state index in [1.54, 1.807) is 13.8 Å². The Morgan fingerprint density at radius 1 is 1.40 bits per heavy atom. The number of nitrogens with one attached hydrogen (secondary N) is 2. The second-order valence-corrected chi connectivity index (χ2v) is 5.04. The fourth-order valence-corrected chi connectivity index (χ4v) is 1.74. The van der Waals surface area contributed by atoms with Gasteiger partial charge in [-0.1, -0.05) is 31.5 Å². The highest BCUT2D eigenvalue weighted by Gasteiger charge is 2.23. The third kappa shape index (κ3) is 4.70. The van der Waals surface area contributed by atoms with Gasteiger partial charge in [-0.3, -0.25) is 0 Å². The Kier molecular flexibility index (Phi) is 5.76. The van der Waals surface area contributed by atoms with Crippen molar-refractivity contribution in [1.82, 2.24) is 10.6 Å². The summed E-state index contributed by atoms with van der Waals surface area (Å²) in [5.41, 5.74) is 0.614. The molecule has 0 saturated carbocycles. The first-order valence-corrected chi connectivity index (χ1v) is 6.40. The molecule has 0 heterocycles. The minimum atomic E-state index is -1.10. The minimum Gasteiger partial charge on any atom is -0.480 e. The molecule has 0 radical (unpaired) electrons. The Morgan fingerprint density at radius 3 is 2.55 bits per heavy atom. The molecule has 0 aliphatic rings. The van der Waals surface area contributed by atoms with Crippen molar-refractivity contribution in [3.8, 4) is 0 Å². The van der Waals surface area contributed by atoms with Crippen LogP contribution >= 0.6 is 11.6 Å². The summed E-state index contributed by atoms with van der Waals surface area (Å²) in [6, 6.07) is 2.51. The van der Waals surface area contributed by atoms with Crippen molar-refractivity contribution in [3.05, 3.63) is 34.6 Å². The summed E-state index contributed by atoms with van der Waals surface area (Å²) in [7, 11) is 0. The monoisotopic (exact) mass is 302 g/mol. The average molecular weight is 303 g/mol. The lowest BCUT2D eigenvalue weighted by atomic mass is 10.1.